The molecule has 3 heterocycles. The lowest BCUT2D eigenvalue weighted by atomic mass is 9.81. The van der Waals surface area contributed by atoms with Crippen LogP contribution in [-0.4, -0.2) is 53.4 Å². The summed E-state index contributed by atoms with van der Waals surface area (Å²) in [5, 5.41) is 11.8. The number of amides is 2. The zero-order valence-corrected chi connectivity index (χ0v) is 19.1. The second kappa shape index (κ2) is 8.42. The van der Waals surface area contributed by atoms with Gasteiger partial charge in [-0.05, 0) is 43.2 Å². The van der Waals surface area contributed by atoms with Crippen molar-refractivity contribution in [2.24, 2.45) is 0 Å². The molecule has 2 aromatic carbocycles. The van der Waals surface area contributed by atoms with Gasteiger partial charge in [0.25, 0.3) is 17.6 Å². The van der Waals surface area contributed by atoms with Crippen molar-refractivity contribution in [1.82, 2.24) is 4.90 Å². The number of likely N-dealkylation sites (tertiary alicyclic amines) is 1. The molecule has 34 heavy (non-hydrogen) atoms. The van der Waals surface area contributed by atoms with E-state index in [9.17, 15) is 19.5 Å². The van der Waals surface area contributed by atoms with E-state index in [0.29, 0.717) is 29.3 Å². The fourth-order valence-corrected chi connectivity index (χ4v) is 5.30. The van der Waals surface area contributed by atoms with E-state index in [1.165, 1.54) is 9.80 Å². The molecular formula is C26H23ClN2O5. The molecule has 0 bridgehead atoms. The van der Waals surface area contributed by atoms with Crippen LogP contribution in [-0.2, 0) is 24.7 Å². The molecule has 7 nitrogen and oxygen atoms in total. The second-order valence-corrected chi connectivity index (χ2v) is 8.98. The molecule has 0 saturated carbocycles. The molecule has 1 spiro atoms. The number of fused-ring (bicyclic) bond motifs is 2. The van der Waals surface area contributed by atoms with Crippen LogP contribution in [0.15, 0.2) is 66.8 Å². The number of para-hydroxylation sites is 1. The van der Waals surface area contributed by atoms with Gasteiger partial charge in [0, 0.05) is 35.8 Å². The first kappa shape index (κ1) is 22.4. The van der Waals surface area contributed by atoms with E-state index in [4.69, 9.17) is 16.3 Å². The van der Waals surface area contributed by atoms with Gasteiger partial charge in [-0.1, -0.05) is 35.9 Å². The number of carbonyl (C=O) groups is 3. The van der Waals surface area contributed by atoms with E-state index in [0.717, 1.165) is 6.42 Å². The van der Waals surface area contributed by atoms with Crippen molar-refractivity contribution in [2.75, 3.05) is 24.6 Å². The van der Waals surface area contributed by atoms with E-state index in [-0.39, 0.29) is 30.3 Å². The second-order valence-electron chi connectivity index (χ2n) is 8.54. The molecule has 5 rings (SSSR count). The Kier molecular flexibility index (Phi) is 5.54. The van der Waals surface area contributed by atoms with Gasteiger partial charge in [-0.25, -0.2) is 0 Å². The molecule has 0 aromatic heterocycles. The number of rotatable bonds is 5. The lowest BCUT2D eigenvalue weighted by Gasteiger charge is -2.35. The number of ether oxygens (including phenoxy) is 1. The predicted octanol–water partition coefficient (Wildman–Crippen LogP) is 3.63. The molecule has 2 aromatic rings. The Morgan fingerprint density at radius 2 is 1.91 bits per heavy atom. The monoisotopic (exact) mass is 478 g/mol. The molecule has 2 atom stereocenters. The van der Waals surface area contributed by atoms with Crippen LogP contribution in [0.25, 0.3) is 5.76 Å². The first-order valence-corrected chi connectivity index (χ1v) is 11.5. The van der Waals surface area contributed by atoms with Crippen LogP contribution < -0.4 is 4.90 Å². The molecule has 2 fully saturated rings. The smallest absolute Gasteiger partial charge is 0.296 e. The van der Waals surface area contributed by atoms with E-state index in [1.807, 2.05) is 0 Å². The van der Waals surface area contributed by atoms with Crippen LogP contribution >= 0.6 is 11.6 Å². The minimum Gasteiger partial charge on any atom is -0.507 e. The summed E-state index contributed by atoms with van der Waals surface area (Å²) < 4.78 is 5.75. The van der Waals surface area contributed by atoms with Crippen molar-refractivity contribution in [2.45, 2.75) is 24.5 Å². The molecule has 2 amide bonds. The summed E-state index contributed by atoms with van der Waals surface area (Å²) in [7, 11) is 0. The van der Waals surface area contributed by atoms with Crippen molar-refractivity contribution in [3.63, 3.8) is 0 Å². The quantitative estimate of drug-likeness (QED) is 0.307. The molecule has 3 aliphatic heterocycles. The third-order valence-corrected chi connectivity index (χ3v) is 6.90. The van der Waals surface area contributed by atoms with Crippen molar-refractivity contribution >= 4 is 40.6 Å². The number of Topliss-reactive ketones (excluding diaryl/α,β-unsaturated/α-hetero) is 1. The minimum atomic E-state index is -1.80. The van der Waals surface area contributed by atoms with E-state index >= 15 is 0 Å². The summed E-state index contributed by atoms with van der Waals surface area (Å²) in [6, 6.07) is 13.3. The highest BCUT2D eigenvalue weighted by Crippen LogP contribution is 2.53. The summed E-state index contributed by atoms with van der Waals surface area (Å²) >= 11 is 6.00. The number of halogens is 1. The summed E-state index contributed by atoms with van der Waals surface area (Å²) in [6.07, 6.45) is 2.82. The highest BCUT2D eigenvalue weighted by Gasteiger charge is 2.67. The average molecular weight is 479 g/mol. The number of anilines is 1. The van der Waals surface area contributed by atoms with E-state index < -0.39 is 28.9 Å². The Balaban J connectivity index is 1.79. The average Bonchev–Trinajstić information content (AvgIpc) is 3.49. The third kappa shape index (κ3) is 3.11. The van der Waals surface area contributed by atoms with Gasteiger partial charge in [0.2, 0.25) is 0 Å². The number of nitrogens with zero attached hydrogens (tertiary/aromatic N) is 2. The zero-order chi connectivity index (χ0) is 24.0. The highest BCUT2D eigenvalue weighted by molar-refractivity contribution is 6.50. The summed E-state index contributed by atoms with van der Waals surface area (Å²) in [5.74, 6) is -2.65. The lowest BCUT2D eigenvalue weighted by molar-refractivity contribution is -0.145. The number of carbonyl (C=O) groups excluding carboxylic acids is 3. The predicted molar refractivity (Wildman–Crippen MR) is 127 cm³/mol. The van der Waals surface area contributed by atoms with Crippen molar-refractivity contribution in [3.05, 3.63) is 82.9 Å². The summed E-state index contributed by atoms with van der Waals surface area (Å²) in [6.45, 7) is 4.55. The van der Waals surface area contributed by atoms with Crippen molar-refractivity contribution < 1.29 is 24.2 Å². The molecule has 174 valence electrons. The van der Waals surface area contributed by atoms with Crippen molar-refractivity contribution in [3.8, 4) is 0 Å². The van der Waals surface area contributed by atoms with Crippen molar-refractivity contribution in [1.29, 1.82) is 0 Å². The molecule has 0 aliphatic carbocycles. The van der Waals surface area contributed by atoms with Gasteiger partial charge in [-0.3, -0.25) is 14.4 Å². The first-order chi connectivity index (χ1) is 16.4. The molecular weight excluding hydrogens is 456 g/mol. The van der Waals surface area contributed by atoms with Gasteiger partial charge in [0.05, 0.1) is 17.4 Å². The fourth-order valence-electron chi connectivity index (χ4n) is 5.17. The van der Waals surface area contributed by atoms with Gasteiger partial charge < -0.3 is 19.6 Å². The van der Waals surface area contributed by atoms with E-state index in [1.54, 1.807) is 54.6 Å². The van der Waals surface area contributed by atoms with Gasteiger partial charge in [-0.15, -0.1) is 6.58 Å². The van der Waals surface area contributed by atoms with Crippen LogP contribution in [0.2, 0.25) is 5.02 Å². The standard InChI is InChI=1S/C26H23ClN2O5/c1-2-13-28-20-8-4-3-7-19(20)26(25(28)33)21(22(30)16-9-11-17(27)12-10-16)23(31)24(32)29(26)15-18-6-5-14-34-18/h2-4,7-12,18,30H,1,5-6,13-15H2/t18-,26-/m0/s1. The number of hydrogen-bond donors (Lipinski definition) is 1. The van der Waals surface area contributed by atoms with Gasteiger partial charge in [0.1, 0.15) is 5.76 Å². The van der Waals surface area contributed by atoms with Crippen LogP contribution in [0.4, 0.5) is 5.69 Å². The maximum Gasteiger partial charge on any atom is 0.296 e. The van der Waals surface area contributed by atoms with Crippen LogP contribution in [0.5, 0.6) is 0 Å². The van der Waals surface area contributed by atoms with Crippen LogP contribution in [0, 0.1) is 0 Å². The fraction of sp³-hybridized carbons (Fsp3) is 0.269. The normalized spacial score (nSPS) is 25.4. The lowest BCUT2D eigenvalue weighted by Crippen LogP contribution is -2.53. The Labute approximate surface area is 201 Å². The maximum absolute atomic E-state index is 14.2. The maximum atomic E-state index is 14.2. The molecule has 2 saturated heterocycles. The summed E-state index contributed by atoms with van der Waals surface area (Å²) in [5.41, 5.74) is -0.736. The van der Waals surface area contributed by atoms with Crippen LogP contribution in [0.1, 0.15) is 24.0 Å². The third-order valence-electron chi connectivity index (χ3n) is 6.65. The van der Waals surface area contributed by atoms with Gasteiger partial charge >= 0.3 is 0 Å². The molecule has 8 heteroatoms. The molecule has 3 aliphatic rings. The topological polar surface area (TPSA) is 87.2 Å². The Bertz CT molecular complexity index is 1230. The zero-order valence-electron chi connectivity index (χ0n) is 18.4. The molecule has 0 unspecified atom stereocenters. The summed E-state index contributed by atoms with van der Waals surface area (Å²) in [4.78, 5) is 43.9. The number of ketones is 1. The molecule has 1 N–H and O–H groups in total. The Morgan fingerprint density at radius 3 is 2.59 bits per heavy atom. The SMILES string of the molecule is C=CCN1C(=O)[C@@]2(C(=C(O)c3ccc(Cl)cc3)C(=O)C(=O)N2C[C@@H]2CCCO2)c2ccccc21. The highest BCUT2D eigenvalue weighted by atomic mass is 35.5. The number of aliphatic hydroxyl groups excluding tert-OH is 1. The number of benzene rings is 2. The first-order valence-electron chi connectivity index (χ1n) is 11.1. The Morgan fingerprint density at radius 1 is 1.18 bits per heavy atom. The Hall–Kier alpha value is -3.42. The number of hydrogen-bond acceptors (Lipinski definition) is 5. The van der Waals surface area contributed by atoms with Gasteiger partial charge in [0.15, 0.2) is 5.54 Å². The van der Waals surface area contributed by atoms with Crippen LogP contribution in [0.3, 0.4) is 0 Å². The van der Waals surface area contributed by atoms with E-state index in [2.05, 4.69) is 6.58 Å². The molecule has 0 radical (unpaired) electrons. The van der Waals surface area contributed by atoms with Gasteiger partial charge in [-0.2, -0.15) is 0 Å². The largest absolute Gasteiger partial charge is 0.507 e. The minimum absolute atomic E-state index is 0.0595. The number of aliphatic hydroxyl groups is 1.